The van der Waals surface area contributed by atoms with Crippen molar-refractivity contribution in [3.8, 4) is 0 Å². The first-order valence-corrected chi connectivity index (χ1v) is 6.17. The van der Waals surface area contributed by atoms with Crippen molar-refractivity contribution >= 4 is 5.91 Å². The summed E-state index contributed by atoms with van der Waals surface area (Å²) >= 11 is 0. The second-order valence-electron chi connectivity index (χ2n) is 4.71. The minimum Gasteiger partial charge on any atom is -0.341 e. The van der Waals surface area contributed by atoms with Gasteiger partial charge in [0.25, 0.3) is 0 Å². The quantitative estimate of drug-likeness (QED) is 0.768. The van der Waals surface area contributed by atoms with Gasteiger partial charge in [-0.2, -0.15) is 0 Å². The van der Waals surface area contributed by atoms with Gasteiger partial charge in [0.1, 0.15) is 0 Å². The highest BCUT2D eigenvalue weighted by atomic mass is 16.2. The lowest BCUT2D eigenvalue weighted by Gasteiger charge is -2.25. The minimum atomic E-state index is 0.00123. The van der Waals surface area contributed by atoms with E-state index in [0.717, 1.165) is 26.1 Å². The van der Waals surface area contributed by atoms with Gasteiger partial charge in [-0.15, -0.1) is 0 Å². The third kappa shape index (κ3) is 3.82. The van der Waals surface area contributed by atoms with Gasteiger partial charge in [-0.3, -0.25) is 4.79 Å². The molecule has 1 N–H and O–H groups in total. The van der Waals surface area contributed by atoms with Crippen molar-refractivity contribution in [2.24, 2.45) is 5.92 Å². The molecule has 0 aromatic carbocycles. The molecule has 1 aliphatic heterocycles. The lowest BCUT2D eigenvalue weighted by molar-refractivity contribution is -0.132. The average molecular weight is 212 g/mol. The van der Waals surface area contributed by atoms with E-state index in [2.05, 4.69) is 19.2 Å². The predicted octanol–water partition coefficient (Wildman–Crippen LogP) is 1.63. The molecule has 0 aromatic heterocycles. The van der Waals surface area contributed by atoms with E-state index in [1.165, 1.54) is 12.8 Å². The second kappa shape index (κ2) is 6.11. The molecular weight excluding hydrogens is 188 g/mol. The Morgan fingerprint density at radius 2 is 2.33 bits per heavy atom. The fraction of sp³-hybridized carbons (Fsp3) is 0.917. The number of carbonyl (C=O) groups is 1. The molecule has 1 heterocycles. The van der Waals surface area contributed by atoms with E-state index >= 15 is 0 Å². The van der Waals surface area contributed by atoms with Crippen molar-refractivity contribution in [2.45, 2.75) is 46.1 Å². The van der Waals surface area contributed by atoms with Crippen LogP contribution in [0.5, 0.6) is 0 Å². The van der Waals surface area contributed by atoms with E-state index in [1.807, 2.05) is 11.8 Å². The van der Waals surface area contributed by atoms with E-state index in [0.29, 0.717) is 5.92 Å². The lowest BCUT2D eigenvalue weighted by Crippen LogP contribution is -2.43. The first-order chi connectivity index (χ1) is 7.15. The molecule has 0 aromatic rings. The van der Waals surface area contributed by atoms with Crippen LogP contribution in [0.25, 0.3) is 0 Å². The van der Waals surface area contributed by atoms with Gasteiger partial charge in [0.15, 0.2) is 0 Å². The molecule has 3 heteroatoms. The van der Waals surface area contributed by atoms with Gasteiger partial charge in [-0.05, 0) is 32.2 Å². The highest BCUT2D eigenvalue weighted by Crippen LogP contribution is 2.10. The van der Waals surface area contributed by atoms with Gasteiger partial charge < -0.3 is 10.2 Å². The molecule has 0 spiro atoms. The number of rotatable bonds is 4. The summed E-state index contributed by atoms with van der Waals surface area (Å²) < 4.78 is 0. The van der Waals surface area contributed by atoms with E-state index in [4.69, 9.17) is 0 Å². The van der Waals surface area contributed by atoms with E-state index in [1.54, 1.807) is 0 Å². The van der Waals surface area contributed by atoms with E-state index in [9.17, 15) is 4.79 Å². The summed E-state index contributed by atoms with van der Waals surface area (Å²) in [6, 6.07) is 0.00123. The van der Waals surface area contributed by atoms with Crippen LogP contribution in [0, 0.1) is 5.92 Å². The van der Waals surface area contributed by atoms with Crippen LogP contribution in [0.15, 0.2) is 0 Å². The first-order valence-electron chi connectivity index (χ1n) is 6.17. The van der Waals surface area contributed by atoms with Crippen molar-refractivity contribution in [2.75, 3.05) is 19.6 Å². The molecule has 15 heavy (non-hydrogen) atoms. The third-order valence-electron chi connectivity index (χ3n) is 3.05. The van der Waals surface area contributed by atoms with Crippen LogP contribution in [-0.4, -0.2) is 36.5 Å². The highest BCUT2D eigenvalue weighted by Gasteiger charge is 2.23. The number of nitrogens with zero attached hydrogens (tertiary/aromatic N) is 1. The molecule has 1 amide bonds. The summed E-state index contributed by atoms with van der Waals surface area (Å²) in [5.41, 5.74) is 0. The molecule has 1 fully saturated rings. The molecule has 0 aliphatic carbocycles. The molecule has 2 atom stereocenters. The molecule has 3 nitrogen and oxygen atoms in total. The lowest BCUT2D eigenvalue weighted by atomic mass is 10.1. The topological polar surface area (TPSA) is 32.3 Å². The summed E-state index contributed by atoms with van der Waals surface area (Å²) in [5, 5.41) is 3.24. The molecule has 1 rings (SSSR count). The Morgan fingerprint density at radius 3 is 3.00 bits per heavy atom. The van der Waals surface area contributed by atoms with Crippen molar-refractivity contribution in [1.82, 2.24) is 10.2 Å². The van der Waals surface area contributed by atoms with Crippen LogP contribution >= 0.6 is 0 Å². The summed E-state index contributed by atoms with van der Waals surface area (Å²) in [6.45, 7) is 9.21. The average Bonchev–Trinajstić information content (AvgIpc) is 2.34. The maximum Gasteiger partial charge on any atom is 0.239 e. The Bertz CT molecular complexity index is 206. The normalized spacial score (nSPS) is 25.1. The van der Waals surface area contributed by atoms with Crippen molar-refractivity contribution in [3.63, 3.8) is 0 Å². The zero-order chi connectivity index (χ0) is 11.3. The highest BCUT2D eigenvalue weighted by molar-refractivity contribution is 5.81. The Morgan fingerprint density at radius 1 is 1.60 bits per heavy atom. The molecule has 2 unspecified atom stereocenters. The number of carbonyl (C=O) groups excluding carboxylic acids is 1. The summed E-state index contributed by atoms with van der Waals surface area (Å²) in [6.07, 6.45) is 3.50. The van der Waals surface area contributed by atoms with Crippen LogP contribution in [0.2, 0.25) is 0 Å². The zero-order valence-corrected chi connectivity index (χ0v) is 10.3. The standard InChI is InChI=1S/C12H24N2O/c1-4-6-10(2)9-14-8-5-7-13-11(3)12(14)15/h10-11,13H,4-9H2,1-3H3. The maximum absolute atomic E-state index is 11.9. The Balaban J connectivity index is 2.47. The Labute approximate surface area is 93.2 Å². The van der Waals surface area contributed by atoms with E-state index in [-0.39, 0.29) is 11.9 Å². The summed E-state index contributed by atoms with van der Waals surface area (Å²) in [7, 11) is 0. The second-order valence-corrected chi connectivity index (χ2v) is 4.71. The number of amides is 1. The van der Waals surface area contributed by atoms with Crippen molar-refractivity contribution < 1.29 is 4.79 Å². The molecule has 88 valence electrons. The molecular formula is C12H24N2O. The molecule has 0 radical (unpaired) electrons. The summed E-state index contributed by atoms with van der Waals surface area (Å²) in [4.78, 5) is 14.0. The number of hydrogen-bond donors (Lipinski definition) is 1. The maximum atomic E-state index is 11.9. The van der Waals surface area contributed by atoms with Crippen molar-refractivity contribution in [1.29, 1.82) is 0 Å². The van der Waals surface area contributed by atoms with Crippen LogP contribution in [-0.2, 0) is 4.79 Å². The van der Waals surface area contributed by atoms with Gasteiger partial charge in [0.05, 0.1) is 6.04 Å². The first kappa shape index (κ1) is 12.5. The molecule has 0 bridgehead atoms. The Kier molecular flexibility index (Phi) is 5.09. The van der Waals surface area contributed by atoms with Crippen LogP contribution < -0.4 is 5.32 Å². The fourth-order valence-corrected chi connectivity index (χ4v) is 2.20. The Hall–Kier alpha value is -0.570. The largest absolute Gasteiger partial charge is 0.341 e. The van der Waals surface area contributed by atoms with Gasteiger partial charge in [-0.25, -0.2) is 0 Å². The summed E-state index contributed by atoms with van der Waals surface area (Å²) in [5.74, 6) is 0.903. The molecule has 0 saturated carbocycles. The van der Waals surface area contributed by atoms with Gasteiger partial charge in [0.2, 0.25) is 5.91 Å². The number of hydrogen-bond acceptors (Lipinski definition) is 2. The van der Waals surface area contributed by atoms with Crippen LogP contribution in [0.4, 0.5) is 0 Å². The SMILES string of the molecule is CCCC(C)CN1CCCNC(C)C1=O. The third-order valence-corrected chi connectivity index (χ3v) is 3.05. The smallest absolute Gasteiger partial charge is 0.239 e. The van der Waals surface area contributed by atoms with Crippen LogP contribution in [0.1, 0.15) is 40.0 Å². The monoisotopic (exact) mass is 212 g/mol. The van der Waals surface area contributed by atoms with E-state index < -0.39 is 0 Å². The van der Waals surface area contributed by atoms with Gasteiger partial charge in [-0.1, -0.05) is 20.3 Å². The van der Waals surface area contributed by atoms with Gasteiger partial charge >= 0.3 is 0 Å². The molecule has 1 saturated heterocycles. The van der Waals surface area contributed by atoms with Crippen molar-refractivity contribution in [3.05, 3.63) is 0 Å². The minimum absolute atomic E-state index is 0.00123. The predicted molar refractivity (Wildman–Crippen MR) is 62.7 cm³/mol. The van der Waals surface area contributed by atoms with Crippen LogP contribution in [0.3, 0.4) is 0 Å². The zero-order valence-electron chi connectivity index (χ0n) is 10.3. The molecule has 1 aliphatic rings. The fourth-order valence-electron chi connectivity index (χ4n) is 2.20. The number of nitrogens with one attached hydrogen (secondary N) is 1. The van der Waals surface area contributed by atoms with Gasteiger partial charge in [0, 0.05) is 13.1 Å².